The average molecular weight is 502 g/mol. The molecule has 2 aromatic rings. The Labute approximate surface area is 192 Å². The van der Waals surface area contributed by atoms with Crippen molar-refractivity contribution in [3.05, 3.63) is 65.5 Å². The van der Waals surface area contributed by atoms with Crippen LogP contribution in [0.15, 0.2) is 48.5 Å². The second-order valence-electron chi connectivity index (χ2n) is 7.75. The van der Waals surface area contributed by atoms with Crippen molar-refractivity contribution in [3.8, 4) is 0 Å². The lowest BCUT2D eigenvalue weighted by atomic mass is 10.1. The fourth-order valence-corrected chi connectivity index (χ4v) is 4.33. The van der Waals surface area contributed by atoms with Gasteiger partial charge in [0.25, 0.3) is 20.2 Å². The maximum atomic E-state index is 14.8. The molecule has 1 fully saturated rings. The Balaban J connectivity index is 1.65. The lowest BCUT2D eigenvalue weighted by Crippen LogP contribution is -2.13. The van der Waals surface area contributed by atoms with E-state index in [1.807, 2.05) is 18.2 Å². The molecule has 1 aliphatic rings. The molecule has 12 heteroatoms. The van der Waals surface area contributed by atoms with Gasteiger partial charge in [0, 0.05) is 5.69 Å². The third-order valence-corrected chi connectivity index (χ3v) is 6.23. The quantitative estimate of drug-likeness (QED) is 0.493. The number of ether oxygens (including phenoxy) is 1. The Kier molecular flexibility index (Phi) is 7.73. The summed E-state index contributed by atoms with van der Waals surface area (Å²) in [6, 6.07) is 13.1. The van der Waals surface area contributed by atoms with Gasteiger partial charge >= 0.3 is 6.09 Å². The SMILES string of the molecule is CS(=O)(=O)OC[C@@H]1[C@H](COS(C)(=O)=O)[C@H]1c1ccc(NC(=O)OCc2ccccc2)cc1F. The number of carbonyl (C=O) groups excluding carboxylic acids is 1. The first kappa shape index (κ1) is 25.1. The van der Waals surface area contributed by atoms with E-state index < -0.39 is 49.9 Å². The molecule has 0 saturated heterocycles. The van der Waals surface area contributed by atoms with E-state index in [2.05, 4.69) is 5.32 Å². The molecule has 0 aromatic heterocycles. The molecule has 9 nitrogen and oxygen atoms in total. The van der Waals surface area contributed by atoms with Crippen LogP contribution in [0.4, 0.5) is 14.9 Å². The minimum Gasteiger partial charge on any atom is -0.444 e. The molecule has 3 rings (SSSR count). The maximum absolute atomic E-state index is 14.8. The Morgan fingerprint density at radius 2 is 1.52 bits per heavy atom. The molecule has 1 amide bonds. The molecular weight excluding hydrogens is 477 g/mol. The monoisotopic (exact) mass is 501 g/mol. The number of amides is 1. The van der Waals surface area contributed by atoms with E-state index in [0.717, 1.165) is 24.1 Å². The summed E-state index contributed by atoms with van der Waals surface area (Å²) in [7, 11) is -7.44. The maximum Gasteiger partial charge on any atom is 0.411 e. The zero-order chi connectivity index (χ0) is 24.2. The van der Waals surface area contributed by atoms with E-state index in [1.165, 1.54) is 12.1 Å². The first-order valence-corrected chi connectivity index (χ1v) is 13.5. The Hall–Kier alpha value is -2.54. The molecule has 0 radical (unpaired) electrons. The van der Waals surface area contributed by atoms with E-state index in [1.54, 1.807) is 12.1 Å². The van der Waals surface area contributed by atoms with Gasteiger partial charge in [-0.1, -0.05) is 36.4 Å². The topological polar surface area (TPSA) is 125 Å². The second kappa shape index (κ2) is 10.2. The van der Waals surface area contributed by atoms with Gasteiger partial charge in [0.2, 0.25) is 0 Å². The van der Waals surface area contributed by atoms with Gasteiger partial charge in [0.15, 0.2) is 0 Å². The number of nitrogens with one attached hydrogen (secondary N) is 1. The van der Waals surface area contributed by atoms with E-state index in [-0.39, 0.29) is 31.1 Å². The molecule has 0 aliphatic heterocycles. The lowest BCUT2D eigenvalue weighted by molar-refractivity contribution is 0.155. The van der Waals surface area contributed by atoms with Crippen molar-refractivity contribution in [1.82, 2.24) is 0 Å². The number of rotatable bonds is 10. The largest absolute Gasteiger partial charge is 0.444 e. The number of benzene rings is 2. The Morgan fingerprint density at radius 1 is 0.939 bits per heavy atom. The standard InChI is InChI=1S/C21H24FNO8S2/c1-32(25,26)30-12-17-18(13-31-33(2,27)28)20(17)16-9-8-15(10-19(16)22)23-21(24)29-11-14-6-4-3-5-7-14/h3-10,17-18,20H,11-13H2,1-2H3,(H,23,24)/t17-,18+,20+. The minimum atomic E-state index is -3.72. The highest BCUT2D eigenvalue weighted by Crippen LogP contribution is 2.55. The molecule has 180 valence electrons. The highest BCUT2D eigenvalue weighted by atomic mass is 32.2. The summed E-state index contributed by atoms with van der Waals surface area (Å²) in [6.45, 7) is -0.404. The normalized spacial score (nSPS) is 20.3. The van der Waals surface area contributed by atoms with Crippen LogP contribution in [0.2, 0.25) is 0 Å². The fourth-order valence-electron chi connectivity index (χ4n) is 3.52. The van der Waals surface area contributed by atoms with Crippen molar-refractivity contribution in [2.45, 2.75) is 12.5 Å². The van der Waals surface area contributed by atoms with E-state index in [9.17, 15) is 26.0 Å². The number of halogens is 1. The van der Waals surface area contributed by atoms with Gasteiger partial charge in [-0.25, -0.2) is 9.18 Å². The fraction of sp³-hybridized carbons (Fsp3) is 0.381. The second-order valence-corrected chi connectivity index (χ2v) is 11.0. The Morgan fingerprint density at radius 3 is 2.03 bits per heavy atom. The average Bonchev–Trinajstić information content (AvgIpc) is 3.42. The van der Waals surface area contributed by atoms with Gasteiger partial charge in [-0.15, -0.1) is 0 Å². The lowest BCUT2D eigenvalue weighted by Gasteiger charge is -2.09. The summed E-state index contributed by atoms with van der Waals surface area (Å²) < 4.78 is 74.8. The predicted octanol–water partition coefficient (Wildman–Crippen LogP) is 2.86. The van der Waals surface area contributed by atoms with E-state index >= 15 is 0 Å². The van der Waals surface area contributed by atoms with Crippen LogP contribution in [0.5, 0.6) is 0 Å². The molecule has 0 spiro atoms. The van der Waals surface area contributed by atoms with Crippen molar-refractivity contribution in [2.24, 2.45) is 11.8 Å². The van der Waals surface area contributed by atoms with Gasteiger partial charge in [0.1, 0.15) is 12.4 Å². The Bertz CT molecular complexity index is 1160. The third-order valence-electron chi connectivity index (χ3n) is 5.10. The summed E-state index contributed by atoms with van der Waals surface area (Å²) in [5.74, 6) is -2.06. The summed E-state index contributed by atoms with van der Waals surface area (Å²) in [4.78, 5) is 12.0. The summed E-state index contributed by atoms with van der Waals surface area (Å²) in [5, 5.41) is 2.44. The van der Waals surface area contributed by atoms with Gasteiger partial charge in [-0.3, -0.25) is 13.7 Å². The predicted molar refractivity (Wildman–Crippen MR) is 118 cm³/mol. The van der Waals surface area contributed by atoms with Crippen LogP contribution < -0.4 is 5.32 Å². The molecule has 1 aliphatic carbocycles. The molecule has 1 N–H and O–H groups in total. The molecule has 1 saturated carbocycles. The molecule has 3 atom stereocenters. The van der Waals surface area contributed by atoms with Crippen molar-refractivity contribution < 1.29 is 39.1 Å². The van der Waals surface area contributed by atoms with Gasteiger partial charge in [-0.05, 0) is 41.0 Å². The zero-order valence-electron chi connectivity index (χ0n) is 17.9. The summed E-state index contributed by atoms with van der Waals surface area (Å²) >= 11 is 0. The van der Waals surface area contributed by atoms with Gasteiger partial charge < -0.3 is 4.74 Å². The number of anilines is 1. The summed E-state index contributed by atoms with van der Waals surface area (Å²) in [5.41, 5.74) is 1.21. The van der Waals surface area contributed by atoms with Crippen LogP contribution in [0.1, 0.15) is 17.0 Å². The van der Waals surface area contributed by atoms with Crippen LogP contribution in [-0.2, 0) is 39.9 Å². The van der Waals surface area contributed by atoms with Crippen LogP contribution in [-0.4, -0.2) is 48.7 Å². The highest BCUT2D eigenvalue weighted by molar-refractivity contribution is 7.86. The van der Waals surface area contributed by atoms with Gasteiger partial charge in [0.05, 0.1) is 25.7 Å². The minimum absolute atomic E-state index is 0.0549. The van der Waals surface area contributed by atoms with Crippen molar-refractivity contribution >= 4 is 32.0 Å². The van der Waals surface area contributed by atoms with Crippen LogP contribution >= 0.6 is 0 Å². The van der Waals surface area contributed by atoms with Gasteiger partial charge in [-0.2, -0.15) is 16.8 Å². The highest BCUT2D eigenvalue weighted by Gasteiger charge is 2.52. The molecular formula is C21H24FNO8S2. The number of hydrogen-bond donors (Lipinski definition) is 1. The molecule has 2 aromatic carbocycles. The zero-order valence-corrected chi connectivity index (χ0v) is 19.6. The number of hydrogen-bond acceptors (Lipinski definition) is 8. The molecule has 0 heterocycles. The smallest absolute Gasteiger partial charge is 0.411 e. The number of carbonyl (C=O) groups is 1. The van der Waals surface area contributed by atoms with Crippen LogP contribution in [0, 0.1) is 17.7 Å². The van der Waals surface area contributed by atoms with Crippen LogP contribution in [0.3, 0.4) is 0 Å². The summed E-state index contributed by atoms with van der Waals surface area (Å²) in [6.07, 6.45) is 1.03. The molecule has 0 bridgehead atoms. The third kappa shape index (κ3) is 7.77. The van der Waals surface area contributed by atoms with Crippen molar-refractivity contribution in [1.29, 1.82) is 0 Å². The van der Waals surface area contributed by atoms with Crippen LogP contribution in [0.25, 0.3) is 0 Å². The molecule has 0 unspecified atom stereocenters. The van der Waals surface area contributed by atoms with E-state index in [0.29, 0.717) is 0 Å². The van der Waals surface area contributed by atoms with E-state index in [4.69, 9.17) is 13.1 Å². The first-order valence-electron chi connectivity index (χ1n) is 9.89. The first-order chi connectivity index (χ1) is 15.4. The van der Waals surface area contributed by atoms with Crippen molar-refractivity contribution in [2.75, 3.05) is 31.0 Å². The molecule has 33 heavy (non-hydrogen) atoms. The van der Waals surface area contributed by atoms with Crippen molar-refractivity contribution in [3.63, 3.8) is 0 Å².